The molecule has 1 N–H and O–H groups in total. The molecule has 0 bridgehead atoms. The van der Waals surface area contributed by atoms with Gasteiger partial charge in [-0.3, -0.25) is 0 Å². The maximum atomic E-state index is 7.00. The highest BCUT2D eigenvalue weighted by atomic mass is 16.2. The van der Waals surface area contributed by atoms with Gasteiger partial charge in [-0.2, -0.15) is 0 Å². The van der Waals surface area contributed by atoms with E-state index in [1.165, 1.54) is 38.5 Å². The summed E-state index contributed by atoms with van der Waals surface area (Å²) in [6.45, 7) is 6.61. The summed E-state index contributed by atoms with van der Waals surface area (Å²) < 4.78 is 0. The molecule has 0 spiro atoms. The quantitative estimate of drug-likeness (QED) is 0.595. The smallest absolute Gasteiger partial charge is 0.0319 e. The van der Waals surface area contributed by atoms with Crippen LogP contribution in [0, 0.1) is 5.92 Å². The van der Waals surface area contributed by atoms with E-state index in [4.69, 9.17) is 5.11 Å². The molecule has 0 aromatic heterocycles. The van der Waals surface area contributed by atoms with Gasteiger partial charge in [0.25, 0.3) is 0 Å². The second-order valence-electron chi connectivity index (χ2n) is 3.45. The first-order valence-electron chi connectivity index (χ1n) is 5.26. The highest BCUT2D eigenvalue weighted by Gasteiger charge is 2.05. The summed E-state index contributed by atoms with van der Waals surface area (Å²) in [7, 11) is 1.00. The van der Waals surface area contributed by atoms with E-state index in [9.17, 15) is 0 Å². The molecule has 0 saturated heterocycles. The number of hydrogen-bond donors (Lipinski definition) is 1. The predicted octanol–water partition coefficient (Wildman–Crippen LogP) is 3.61. The molecule has 0 heterocycles. The Morgan fingerprint density at radius 1 is 1.00 bits per heavy atom. The molecule has 0 aromatic carbocycles. The lowest BCUT2D eigenvalue weighted by Gasteiger charge is -2.15. The zero-order valence-corrected chi connectivity index (χ0v) is 9.27. The Balaban J connectivity index is 0. The second kappa shape index (κ2) is 13.5. The first-order chi connectivity index (χ1) is 5.81. The molecule has 0 radical (unpaired) electrons. The first kappa shape index (κ1) is 14.5. The minimum absolute atomic E-state index is 1.00. The number of aliphatic hydroxyl groups excluding tert-OH is 1. The summed E-state index contributed by atoms with van der Waals surface area (Å²) in [6.07, 6.45) is 8.69. The third-order valence-corrected chi connectivity index (χ3v) is 1.89. The second-order valence-corrected chi connectivity index (χ2v) is 3.45. The van der Waals surface area contributed by atoms with Crippen LogP contribution in [0.5, 0.6) is 0 Å². The van der Waals surface area contributed by atoms with Gasteiger partial charge in [0, 0.05) is 7.11 Å². The summed E-state index contributed by atoms with van der Waals surface area (Å²) in [5, 5.41) is 7.00. The standard InChI is InChI=1S/C7H14.C3H8.CH4O/c1-7-5-3-2-4-6-7;1-3-2;1-2/h7H,2-6H2,1H3;3H2,1-2H3;2H,1H3. The van der Waals surface area contributed by atoms with Gasteiger partial charge in [0.15, 0.2) is 0 Å². The SMILES string of the molecule is CC1CCCCC1.CCC.CO. The lowest BCUT2D eigenvalue weighted by Crippen LogP contribution is -1.99. The molecule has 1 fully saturated rings. The molecular weight excluding hydrogens is 148 g/mol. The van der Waals surface area contributed by atoms with Crippen LogP contribution < -0.4 is 0 Å². The minimum atomic E-state index is 1.00. The van der Waals surface area contributed by atoms with Gasteiger partial charge >= 0.3 is 0 Å². The summed E-state index contributed by atoms with van der Waals surface area (Å²) in [6, 6.07) is 0. The largest absolute Gasteiger partial charge is 0.400 e. The maximum Gasteiger partial charge on any atom is 0.0319 e. The fourth-order valence-electron chi connectivity index (χ4n) is 1.31. The number of rotatable bonds is 0. The zero-order valence-electron chi connectivity index (χ0n) is 9.27. The first-order valence-corrected chi connectivity index (χ1v) is 5.26. The van der Waals surface area contributed by atoms with Crippen molar-refractivity contribution in [2.45, 2.75) is 59.3 Å². The van der Waals surface area contributed by atoms with Crippen molar-refractivity contribution >= 4 is 0 Å². The Morgan fingerprint density at radius 3 is 1.50 bits per heavy atom. The van der Waals surface area contributed by atoms with Gasteiger partial charge in [-0.1, -0.05) is 59.3 Å². The Bertz CT molecular complexity index is 56.0. The van der Waals surface area contributed by atoms with Crippen LogP contribution in [0.2, 0.25) is 0 Å². The van der Waals surface area contributed by atoms with Crippen LogP contribution in [0.4, 0.5) is 0 Å². The third kappa shape index (κ3) is 12.6. The molecule has 1 saturated carbocycles. The van der Waals surface area contributed by atoms with Crippen LogP contribution in [0.15, 0.2) is 0 Å². The van der Waals surface area contributed by atoms with Gasteiger partial charge in [-0.25, -0.2) is 0 Å². The van der Waals surface area contributed by atoms with Gasteiger partial charge in [0.2, 0.25) is 0 Å². The van der Waals surface area contributed by atoms with E-state index in [0.717, 1.165) is 13.0 Å². The Labute approximate surface area is 78.2 Å². The van der Waals surface area contributed by atoms with Crippen LogP contribution in [0.3, 0.4) is 0 Å². The Morgan fingerprint density at radius 2 is 1.33 bits per heavy atom. The highest BCUT2D eigenvalue weighted by molar-refractivity contribution is 4.59. The normalized spacial score (nSPS) is 16.8. The summed E-state index contributed by atoms with van der Waals surface area (Å²) in [5.41, 5.74) is 0. The van der Waals surface area contributed by atoms with E-state index in [0.29, 0.717) is 0 Å². The van der Waals surface area contributed by atoms with E-state index in [1.54, 1.807) is 0 Å². The molecule has 0 unspecified atom stereocenters. The molecule has 1 rings (SSSR count). The lowest BCUT2D eigenvalue weighted by atomic mass is 9.91. The van der Waals surface area contributed by atoms with Crippen molar-refractivity contribution in [3.63, 3.8) is 0 Å². The van der Waals surface area contributed by atoms with Crippen molar-refractivity contribution in [1.82, 2.24) is 0 Å². The van der Waals surface area contributed by atoms with E-state index in [-0.39, 0.29) is 0 Å². The third-order valence-electron chi connectivity index (χ3n) is 1.89. The van der Waals surface area contributed by atoms with Crippen LogP contribution in [0.25, 0.3) is 0 Å². The van der Waals surface area contributed by atoms with Crippen LogP contribution in [-0.2, 0) is 0 Å². The lowest BCUT2D eigenvalue weighted by molar-refractivity contribution is 0.385. The van der Waals surface area contributed by atoms with Crippen molar-refractivity contribution < 1.29 is 5.11 Å². The monoisotopic (exact) mass is 174 g/mol. The Hall–Kier alpha value is -0.0400. The van der Waals surface area contributed by atoms with Gasteiger partial charge in [0.05, 0.1) is 0 Å². The van der Waals surface area contributed by atoms with Crippen LogP contribution in [0.1, 0.15) is 59.3 Å². The van der Waals surface area contributed by atoms with Gasteiger partial charge in [0.1, 0.15) is 0 Å². The summed E-state index contributed by atoms with van der Waals surface area (Å²) >= 11 is 0. The molecule has 76 valence electrons. The van der Waals surface area contributed by atoms with Crippen LogP contribution in [-0.4, -0.2) is 12.2 Å². The van der Waals surface area contributed by atoms with Crippen molar-refractivity contribution in [3.8, 4) is 0 Å². The fourth-order valence-corrected chi connectivity index (χ4v) is 1.31. The molecule has 0 atom stereocenters. The van der Waals surface area contributed by atoms with E-state index >= 15 is 0 Å². The van der Waals surface area contributed by atoms with E-state index < -0.39 is 0 Å². The molecular formula is C11H26O. The fraction of sp³-hybridized carbons (Fsp3) is 1.00. The van der Waals surface area contributed by atoms with Crippen LogP contribution >= 0.6 is 0 Å². The molecule has 1 heteroatoms. The van der Waals surface area contributed by atoms with Gasteiger partial charge in [-0.05, 0) is 5.92 Å². The predicted molar refractivity (Wildman–Crippen MR) is 56.4 cm³/mol. The van der Waals surface area contributed by atoms with Crippen molar-refractivity contribution in [2.24, 2.45) is 5.92 Å². The van der Waals surface area contributed by atoms with Gasteiger partial charge in [-0.15, -0.1) is 0 Å². The van der Waals surface area contributed by atoms with E-state index in [1.807, 2.05) is 0 Å². The molecule has 0 aliphatic heterocycles. The maximum absolute atomic E-state index is 7.00. The zero-order chi connectivity index (χ0) is 9.82. The number of aliphatic hydroxyl groups is 1. The average molecular weight is 174 g/mol. The van der Waals surface area contributed by atoms with Crippen molar-refractivity contribution in [3.05, 3.63) is 0 Å². The molecule has 0 amide bonds. The molecule has 0 aromatic rings. The summed E-state index contributed by atoms with van der Waals surface area (Å²) in [4.78, 5) is 0. The van der Waals surface area contributed by atoms with E-state index in [2.05, 4.69) is 20.8 Å². The molecule has 1 aliphatic rings. The van der Waals surface area contributed by atoms with Crippen molar-refractivity contribution in [2.75, 3.05) is 7.11 Å². The topological polar surface area (TPSA) is 20.2 Å². The minimum Gasteiger partial charge on any atom is -0.400 e. The average Bonchev–Trinajstić information content (AvgIpc) is 2.11. The van der Waals surface area contributed by atoms with Gasteiger partial charge < -0.3 is 5.11 Å². The summed E-state index contributed by atoms with van der Waals surface area (Å²) in [5.74, 6) is 1.04. The molecule has 1 aliphatic carbocycles. The number of hydrogen-bond acceptors (Lipinski definition) is 1. The molecule has 12 heavy (non-hydrogen) atoms. The van der Waals surface area contributed by atoms with Crippen molar-refractivity contribution in [1.29, 1.82) is 0 Å². The highest BCUT2D eigenvalue weighted by Crippen LogP contribution is 2.21. The molecule has 1 nitrogen and oxygen atoms in total. The Kier molecular flexibility index (Phi) is 16.3.